The third-order valence-electron chi connectivity index (χ3n) is 3.41. The number of anilines is 1. The number of nitrogens with zero attached hydrogens (tertiary/aromatic N) is 1. The van der Waals surface area contributed by atoms with Crippen LogP contribution in [0.2, 0.25) is 0 Å². The average Bonchev–Trinajstić information content (AvgIpc) is 2.58. The number of nitrogens with one attached hydrogen (secondary N) is 1. The second kappa shape index (κ2) is 6.22. The van der Waals surface area contributed by atoms with E-state index in [1.165, 1.54) is 0 Å². The molecule has 0 saturated carbocycles. The SMILES string of the molecule is Cc1ccc(NS(=O)(=O)c2ccccc2)c(-c2ccccn2)c1. The van der Waals surface area contributed by atoms with E-state index >= 15 is 0 Å². The van der Waals surface area contributed by atoms with Crippen molar-refractivity contribution in [3.05, 3.63) is 78.5 Å². The van der Waals surface area contributed by atoms with Gasteiger partial charge in [-0.05, 0) is 43.3 Å². The first kappa shape index (κ1) is 15.2. The van der Waals surface area contributed by atoms with Crippen LogP contribution in [0, 0.1) is 6.92 Å². The largest absolute Gasteiger partial charge is 0.279 e. The van der Waals surface area contributed by atoms with Crippen molar-refractivity contribution in [2.45, 2.75) is 11.8 Å². The molecule has 1 heterocycles. The zero-order valence-electron chi connectivity index (χ0n) is 12.6. The van der Waals surface area contributed by atoms with Crippen LogP contribution in [-0.2, 0) is 10.0 Å². The van der Waals surface area contributed by atoms with E-state index in [1.807, 2.05) is 37.3 Å². The summed E-state index contributed by atoms with van der Waals surface area (Å²) >= 11 is 0. The first-order chi connectivity index (χ1) is 11.1. The molecule has 3 rings (SSSR count). The highest BCUT2D eigenvalue weighted by Crippen LogP contribution is 2.29. The molecule has 2 aromatic carbocycles. The van der Waals surface area contributed by atoms with Crippen molar-refractivity contribution in [1.29, 1.82) is 0 Å². The molecule has 23 heavy (non-hydrogen) atoms. The van der Waals surface area contributed by atoms with Gasteiger partial charge in [0.05, 0.1) is 16.3 Å². The van der Waals surface area contributed by atoms with E-state index in [4.69, 9.17) is 0 Å². The fraction of sp³-hybridized carbons (Fsp3) is 0.0556. The van der Waals surface area contributed by atoms with Crippen LogP contribution in [-0.4, -0.2) is 13.4 Å². The average molecular weight is 324 g/mol. The molecule has 4 nitrogen and oxygen atoms in total. The van der Waals surface area contributed by atoms with Crippen LogP contribution in [0.15, 0.2) is 77.8 Å². The Morgan fingerprint density at radius 3 is 2.35 bits per heavy atom. The molecule has 0 atom stereocenters. The maximum Gasteiger partial charge on any atom is 0.261 e. The summed E-state index contributed by atoms with van der Waals surface area (Å²) in [5, 5.41) is 0. The number of hydrogen-bond acceptors (Lipinski definition) is 3. The molecular weight excluding hydrogens is 308 g/mol. The Bertz CT molecular complexity index is 908. The Morgan fingerprint density at radius 2 is 1.65 bits per heavy atom. The standard InChI is InChI=1S/C18H16N2O2S/c1-14-10-11-18(16(13-14)17-9-5-6-12-19-17)20-23(21,22)15-7-3-2-4-8-15/h2-13,20H,1H3. The van der Waals surface area contributed by atoms with Crippen LogP contribution >= 0.6 is 0 Å². The molecule has 3 aromatic rings. The van der Waals surface area contributed by atoms with Gasteiger partial charge in [-0.25, -0.2) is 8.42 Å². The minimum Gasteiger partial charge on any atom is -0.279 e. The van der Waals surface area contributed by atoms with Gasteiger partial charge in [0.1, 0.15) is 0 Å². The van der Waals surface area contributed by atoms with E-state index in [9.17, 15) is 8.42 Å². The maximum atomic E-state index is 12.5. The van der Waals surface area contributed by atoms with Crippen molar-refractivity contribution in [3.63, 3.8) is 0 Å². The van der Waals surface area contributed by atoms with Crippen molar-refractivity contribution in [1.82, 2.24) is 4.98 Å². The lowest BCUT2D eigenvalue weighted by Crippen LogP contribution is -2.13. The van der Waals surface area contributed by atoms with Crippen LogP contribution in [0.1, 0.15) is 5.56 Å². The number of aromatic nitrogens is 1. The van der Waals surface area contributed by atoms with Gasteiger partial charge in [0, 0.05) is 11.8 Å². The highest BCUT2D eigenvalue weighted by atomic mass is 32.2. The second-order valence-electron chi connectivity index (χ2n) is 5.18. The Kier molecular flexibility index (Phi) is 4.12. The number of hydrogen-bond donors (Lipinski definition) is 1. The third-order valence-corrected chi connectivity index (χ3v) is 4.80. The van der Waals surface area contributed by atoms with Crippen LogP contribution in [0.5, 0.6) is 0 Å². The van der Waals surface area contributed by atoms with E-state index in [0.29, 0.717) is 5.69 Å². The molecular formula is C18H16N2O2S. The molecule has 0 unspecified atom stereocenters. The molecule has 0 radical (unpaired) electrons. The summed E-state index contributed by atoms with van der Waals surface area (Å²) in [6.45, 7) is 1.96. The van der Waals surface area contributed by atoms with E-state index in [0.717, 1.165) is 16.8 Å². The molecule has 0 saturated heterocycles. The Hall–Kier alpha value is -2.66. The first-order valence-corrected chi connectivity index (χ1v) is 8.64. The Labute approximate surface area is 135 Å². The summed E-state index contributed by atoms with van der Waals surface area (Å²) in [4.78, 5) is 4.55. The summed E-state index contributed by atoms with van der Waals surface area (Å²) in [5.74, 6) is 0. The zero-order chi connectivity index (χ0) is 16.3. The molecule has 116 valence electrons. The Balaban J connectivity index is 2.05. The molecule has 5 heteroatoms. The summed E-state index contributed by atoms with van der Waals surface area (Å²) in [6.07, 6.45) is 1.69. The van der Waals surface area contributed by atoms with Crippen molar-refractivity contribution in [2.75, 3.05) is 4.72 Å². The summed E-state index contributed by atoms with van der Waals surface area (Å²) in [5.41, 5.74) is 3.03. The second-order valence-corrected chi connectivity index (χ2v) is 6.86. The fourth-order valence-corrected chi connectivity index (χ4v) is 3.39. The minimum atomic E-state index is -3.63. The van der Waals surface area contributed by atoms with Crippen LogP contribution in [0.4, 0.5) is 5.69 Å². The summed E-state index contributed by atoms with van der Waals surface area (Å²) in [7, 11) is -3.63. The quantitative estimate of drug-likeness (QED) is 0.793. The van der Waals surface area contributed by atoms with Gasteiger partial charge in [0.15, 0.2) is 0 Å². The Morgan fingerprint density at radius 1 is 0.913 bits per heavy atom. The zero-order valence-corrected chi connectivity index (χ0v) is 13.4. The summed E-state index contributed by atoms with van der Waals surface area (Å²) in [6, 6.07) is 19.4. The van der Waals surface area contributed by atoms with Gasteiger partial charge in [-0.1, -0.05) is 35.9 Å². The molecule has 0 amide bonds. The maximum absolute atomic E-state index is 12.5. The number of pyridine rings is 1. The highest BCUT2D eigenvalue weighted by Gasteiger charge is 2.16. The third kappa shape index (κ3) is 3.40. The van der Waals surface area contributed by atoms with E-state index < -0.39 is 10.0 Å². The molecule has 0 aliphatic heterocycles. The molecule has 1 N–H and O–H groups in total. The normalized spacial score (nSPS) is 11.2. The first-order valence-electron chi connectivity index (χ1n) is 7.16. The van der Waals surface area contributed by atoms with Crippen molar-refractivity contribution in [3.8, 4) is 11.3 Å². The molecule has 0 aliphatic rings. The van der Waals surface area contributed by atoms with Gasteiger partial charge in [-0.15, -0.1) is 0 Å². The topological polar surface area (TPSA) is 59.1 Å². The lowest BCUT2D eigenvalue weighted by atomic mass is 10.1. The molecule has 0 aliphatic carbocycles. The van der Waals surface area contributed by atoms with Gasteiger partial charge in [-0.3, -0.25) is 9.71 Å². The lowest BCUT2D eigenvalue weighted by molar-refractivity contribution is 0.601. The number of sulfonamides is 1. The predicted molar refractivity (Wildman–Crippen MR) is 91.7 cm³/mol. The lowest BCUT2D eigenvalue weighted by Gasteiger charge is -2.13. The van der Waals surface area contributed by atoms with E-state index in [2.05, 4.69) is 9.71 Å². The van der Waals surface area contributed by atoms with Crippen LogP contribution in [0.25, 0.3) is 11.3 Å². The molecule has 0 bridgehead atoms. The minimum absolute atomic E-state index is 0.229. The number of rotatable bonds is 4. The van der Waals surface area contributed by atoms with Crippen molar-refractivity contribution >= 4 is 15.7 Å². The van der Waals surface area contributed by atoms with Gasteiger partial charge < -0.3 is 0 Å². The highest BCUT2D eigenvalue weighted by molar-refractivity contribution is 7.92. The van der Waals surface area contributed by atoms with Crippen molar-refractivity contribution < 1.29 is 8.42 Å². The smallest absolute Gasteiger partial charge is 0.261 e. The van der Waals surface area contributed by atoms with E-state index in [1.54, 1.807) is 42.6 Å². The predicted octanol–water partition coefficient (Wildman–Crippen LogP) is 3.86. The number of benzene rings is 2. The monoisotopic (exact) mass is 324 g/mol. The van der Waals surface area contributed by atoms with E-state index in [-0.39, 0.29) is 4.90 Å². The summed E-state index contributed by atoms with van der Waals surface area (Å²) < 4.78 is 27.7. The molecule has 0 spiro atoms. The molecule has 1 aromatic heterocycles. The van der Waals surface area contributed by atoms with Crippen molar-refractivity contribution in [2.24, 2.45) is 0 Å². The fourth-order valence-electron chi connectivity index (χ4n) is 2.28. The van der Waals surface area contributed by atoms with Gasteiger partial charge in [0.2, 0.25) is 0 Å². The van der Waals surface area contributed by atoms with Gasteiger partial charge in [-0.2, -0.15) is 0 Å². The molecule has 0 fully saturated rings. The van der Waals surface area contributed by atoms with Gasteiger partial charge >= 0.3 is 0 Å². The van der Waals surface area contributed by atoms with Crippen LogP contribution in [0.3, 0.4) is 0 Å². The number of aryl methyl sites for hydroxylation is 1. The van der Waals surface area contributed by atoms with Gasteiger partial charge in [0.25, 0.3) is 10.0 Å². The van der Waals surface area contributed by atoms with Crippen LogP contribution < -0.4 is 4.72 Å².